The monoisotopic (exact) mass is 595 g/mol. The van der Waals surface area contributed by atoms with E-state index in [0.717, 1.165) is 49.8 Å². The molecule has 2 aromatic rings. The van der Waals surface area contributed by atoms with Gasteiger partial charge in [-0.05, 0) is 68.6 Å². The van der Waals surface area contributed by atoms with Gasteiger partial charge >= 0.3 is 5.97 Å². The number of carbonyl (C=O) groups excluding carboxylic acids is 2. The predicted octanol–water partition coefficient (Wildman–Crippen LogP) is 4.16. The van der Waals surface area contributed by atoms with Gasteiger partial charge in [0.2, 0.25) is 11.8 Å². The Morgan fingerprint density at radius 3 is 2.71 bits per heavy atom. The summed E-state index contributed by atoms with van der Waals surface area (Å²) in [5.41, 5.74) is 1.58. The first-order chi connectivity index (χ1) is 20.1. The maximum Gasteiger partial charge on any atom is 0.310 e. The highest BCUT2D eigenvalue weighted by atomic mass is 35.5. The quantitative estimate of drug-likeness (QED) is 0.511. The number of nitrogens with zero attached hydrogens (tertiary/aromatic N) is 5. The number of amides is 2. The number of aryl methyl sites for hydroxylation is 1. The molecule has 1 N–H and O–H groups in total. The van der Waals surface area contributed by atoms with E-state index in [1.807, 2.05) is 17.0 Å². The Bertz CT molecular complexity index is 1460. The zero-order valence-corrected chi connectivity index (χ0v) is 25.0. The second-order valence-electron chi connectivity index (χ2n) is 13.5. The highest BCUT2D eigenvalue weighted by molar-refractivity contribution is 6.31. The maximum atomic E-state index is 14.5. The molecule has 1 aromatic carbocycles. The molecule has 42 heavy (non-hydrogen) atoms. The maximum absolute atomic E-state index is 14.5. The Morgan fingerprint density at radius 1 is 1.21 bits per heavy atom. The molecule has 7 rings (SSSR count). The SMILES string of the molecule is Cn1ncc(COc2ccc(Cl)c3c2[C@@H](C2CC2N2CC4(CC4)CC2=O)N(C(=O)[C@@H]2CCCC[C@]2(C)C(=O)O)CC3)n1. The lowest BCUT2D eigenvalue weighted by atomic mass is 9.66. The highest BCUT2D eigenvalue weighted by Crippen LogP contribution is 2.59. The van der Waals surface area contributed by atoms with Gasteiger partial charge in [-0.1, -0.05) is 24.4 Å². The molecule has 2 amide bonds. The van der Waals surface area contributed by atoms with Gasteiger partial charge in [0.1, 0.15) is 18.1 Å². The van der Waals surface area contributed by atoms with Gasteiger partial charge in [0.15, 0.2) is 0 Å². The number of aromatic nitrogens is 3. The normalized spacial score (nSPS) is 31.3. The summed E-state index contributed by atoms with van der Waals surface area (Å²) in [7, 11) is 1.75. The van der Waals surface area contributed by atoms with Crippen LogP contribution in [0.2, 0.25) is 5.02 Å². The fraction of sp³-hybridized carbons (Fsp3) is 0.645. The van der Waals surface area contributed by atoms with Gasteiger partial charge in [-0.3, -0.25) is 14.4 Å². The van der Waals surface area contributed by atoms with E-state index in [-0.39, 0.29) is 41.8 Å². The zero-order chi connectivity index (χ0) is 29.4. The standard InChI is InChI=1S/C31H38ClN5O5/c1-30(29(40)41)9-4-3-5-21(30)28(39)36-12-8-19-22(32)6-7-24(42-16-18-15-33-35(2)34-18)26(19)27(36)20-13-23(20)37-17-31(10-11-31)14-25(37)38/h6-7,15,20-21,23,27H,3-5,8-14,16-17H2,1-2H3,(H,40,41)/t20?,21-,23?,27+,30-/m0/s1. The predicted molar refractivity (Wildman–Crippen MR) is 153 cm³/mol. The van der Waals surface area contributed by atoms with Crippen molar-refractivity contribution in [2.75, 3.05) is 13.1 Å². The fourth-order valence-corrected chi connectivity index (χ4v) is 8.23. The molecule has 10 nitrogen and oxygen atoms in total. The molecule has 0 bridgehead atoms. The van der Waals surface area contributed by atoms with Crippen molar-refractivity contribution < 1.29 is 24.2 Å². The van der Waals surface area contributed by atoms with Crippen molar-refractivity contribution in [1.29, 1.82) is 0 Å². The Labute approximate surface area is 250 Å². The minimum atomic E-state index is -1.11. The second kappa shape index (κ2) is 9.96. The van der Waals surface area contributed by atoms with Gasteiger partial charge in [0.25, 0.3) is 0 Å². The summed E-state index contributed by atoms with van der Waals surface area (Å²) in [6.45, 7) is 3.20. The molecular weight excluding hydrogens is 558 g/mol. The molecule has 2 unspecified atom stereocenters. The Kier molecular flexibility index (Phi) is 6.56. The van der Waals surface area contributed by atoms with Crippen molar-refractivity contribution in [3.8, 4) is 5.75 Å². The molecule has 1 aromatic heterocycles. The molecule has 11 heteroatoms. The lowest BCUT2D eigenvalue weighted by molar-refractivity contribution is -0.162. The number of benzene rings is 1. The fourth-order valence-electron chi connectivity index (χ4n) is 7.97. The third-order valence-electron chi connectivity index (χ3n) is 10.7. The summed E-state index contributed by atoms with van der Waals surface area (Å²) in [6, 6.07) is 3.39. The van der Waals surface area contributed by atoms with Crippen LogP contribution >= 0.6 is 11.6 Å². The van der Waals surface area contributed by atoms with Crippen molar-refractivity contribution in [3.05, 3.63) is 40.2 Å². The average molecular weight is 596 g/mol. The number of hydrogen-bond acceptors (Lipinski definition) is 6. The van der Waals surface area contributed by atoms with Crippen LogP contribution in [0.1, 0.15) is 81.2 Å². The van der Waals surface area contributed by atoms with Crippen LogP contribution in [-0.4, -0.2) is 66.8 Å². The number of carboxylic acids is 1. The average Bonchev–Trinajstić information content (AvgIpc) is 3.85. The van der Waals surface area contributed by atoms with E-state index < -0.39 is 17.3 Å². The van der Waals surface area contributed by atoms with Crippen molar-refractivity contribution in [2.45, 2.75) is 83.4 Å². The third-order valence-corrected chi connectivity index (χ3v) is 11.1. The van der Waals surface area contributed by atoms with Crippen LogP contribution in [0.25, 0.3) is 0 Å². The van der Waals surface area contributed by atoms with Gasteiger partial charge in [-0.25, -0.2) is 0 Å². The number of aliphatic carboxylic acids is 1. The van der Waals surface area contributed by atoms with Crippen molar-refractivity contribution in [1.82, 2.24) is 24.8 Å². The van der Waals surface area contributed by atoms with E-state index in [1.54, 1.807) is 20.2 Å². The first-order valence-corrected chi connectivity index (χ1v) is 15.6. The van der Waals surface area contributed by atoms with Gasteiger partial charge in [-0.15, -0.1) is 0 Å². The lowest BCUT2D eigenvalue weighted by Gasteiger charge is -2.45. The summed E-state index contributed by atoms with van der Waals surface area (Å²) in [6.07, 6.45) is 8.54. The molecule has 5 aliphatic rings. The summed E-state index contributed by atoms with van der Waals surface area (Å²) in [4.78, 5) is 45.6. The number of carboxylic acid groups (broad SMARTS) is 1. The summed E-state index contributed by atoms with van der Waals surface area (Å²) < 4.78 is 6.36. The van der Waals surface area contributed by atoms with E-state index in [1.165, 1.54) is 4.80 Å². The van der Waals surface area contributed by atoms with Gasteiger partial charge in [-0.2, -0.15) is 15.0 Å². The summed E-state index contributed by atoms with van der Waals surface area (Å²) in [5.74, 6) is -0.729. The number of hydrogen-bond donors (Lipinski definition) is 1. The molecule has 1 saturated heterocycles. The largest absolute Gasteiger partial charge is 0.487 e. The Morgan fingerprint density at radius 2 is 2.02 bits per heavy atom. The van der Waals surface area contributed by atoms with E-state index in [9.17, 15) is 19.5 Å². The molecule has 2 aliphatic heterocycles. The van der Waals surface area contributed by atoms with Crippen LogP contribution in [-0.2, 0) is 34.5 Å². The number of likely N-dealkylation sites (tertiary alicyclic amines) is 1. The first kappa shape index (κ1) is 27.7. The van der Waals surface area contributed by atoms with Crippen LogP contribution < -0.4 is 4.74 Å². The van der Waals surface area contributed by atoms with E-state index in [0.29, 0.717) is 48.7 Å². The minimum Gasteiger partial charge on any atom is -0.487 e. The first-order valence-electron chi connectivity index (χ1n) is 15.2. The number of rotatable bonds is 7. The Hall–Kier alpha value is -3.14. The van der Waals surface area contributed by atoms with Crippen molar-refractivity contribution in [2.24, 2.45) is 29.7 Å². The van der Waals surface area contributed by atoms with Crippen LogP contribution in [0.4, 0.5) is 0 Å². The van der Waals surface area contributed by atoms with Gasteiger partial charge in [0.05, 0.1) is 23.6 Å². The van der Waals surface area contributed by atoms with Crippen LogP contribution in [0, 0.1) is 22.7 Å². The number of fused-ring (bicyclic) bond motifs is 1. The minimum absolute atomic E-state index is 0.0304. The third kappa shape index (κ3) is 4.57. The molecule has 224 valence electrons. The molecule has 4 fully saturated rings. The number of ether oxygens (including phenoxy) is 1. The van der Waals surface area contributed by atoms with Gasteiger partial charge < -0.3 is 19.6 Å². The van der Waals surface area contributed by atoms with Crippen LogP contribution in [0.3, 0.4) is 0 Å². The van der Waals surface area contributed by atoms with Crippen molar-refractivity contribution >= 4 is 29.4 Å². The smallest absolute Gasteiger partial charge is 0.310 e. The zero-order valence-electron chi connectivity index (χ0n) is 24.2. The van der Waals surface area contributed by atoms with Crippen LogP contribution in [0.5, 0.6) is 5.75 Å². The highest BCUT2D eigenvalue weighted by Gasteiger charge is 2.60. The Balaban J connectivity index is 1.26. The number of carbonyl (C=O) groups is 3. The molecular formula is C31H38ClN5O5. The molecule has 3 heterocycles. The van der Waals surface area contributed by atoms with E-state index in [4.69, 9.17) is 16.3 Å². The topological polar surface area (TPSA) is 118 Å². The van der Waals surface area contributed by atoms with E-state index in [2.05, 4.69) is 15.1 Å². The molecule has 0 radical (unpaired) electrons. The van der Waals surface area contributed by atoms with Crippen molar-refractivity contribution in [3.63, 3.8) is 0 Å². The van der Waals surface area contributed by atoms with Crippen LogP contribution in [0.15, 0.2) is 18.3 Å². The molecule has 3 aliphatic carbocycles. The van der Waals surface area contributed by atoms with E-state index >= 15 is 0 Å². The lowest BCUT2D eigenvalue weighted by Crippen LogP contribution is -2.51. The molecule has 3 saturated carbocycles. The second-order valence-corrected chi connectivity index (χ2v) is 13.9. The summed E-state index contributed by atoms with van der Waals surface area (Å²) in [5, 5.41) is 19.3. The molecule has 1 spiro atoms. The summed E-state index contributed by atoms with van der Waals surface area (Å²) >= 11 is 6.79. The van der Waals surface area contributed by atoms with Gasteiger partial charge in [0, 0.05) is 49.1 Å². The molecule has 5 atom stereocenters. The number of halogens is 1.